The van der Waals surface area contributed by atoms with Gasteiger partial charge in [-0.25, -0.2) is 9.38 Å². The molecule has 180 valence electrons. The molecule has 1 aliphatic heterocycles. The summed E-state index contributed by atoms with van der Waals surface area (Å²) in [6, 6.07) is 22.9. The summed E-state index contributed by atoms with van der Waals surface area (Å²) in [5.74, 6) is -0.162. The first-order chi connectivity index (χ1) is 17.0. The van der Waals surface area contributed by atoms with Crippen LogP contribution in [0.1, 0.15) is 18.9 Å². The molecular formula is C27H26FN3O3S. The van der Waals surface area contributed by atoms with Gasteiger partial charge in [0.25, 0.3) is 0 Å². The largest absolute Gasteiger partial charge is 0.494 e. The normalized spacial score (nSPS) is 16.9. The van der Waals surface area contributed by atoms with Crippen molar-refractivity contribution in [1.82, 2.24) is 4.90 Å². The van der Waals surface area contributed by atoms with Crippen molar-refractivity contribution in [3.8, 4) is 5.75 Å². The molecular weight excluding hydrogens is 465 g/mol. The van der Waals surface area contributed by atoms with Gasteiger partial charge in [0.2, 0.25) is 11.8 Å². The molecule has 3 aromatic rings. The Kier molecular flexibility index (Phi) is 8.15. The minimum absolute atomic E-state index is 0.0206. The number of nitrogens with zero attached hydrogens (tertiary/aromatic N) is 2. The van der Waals surface area contributed by atoms with Gasteiger partial charge in [0.15, 0.2) is 5.17 Å². The van der Waals surface area contributed by atoms with Gasteiger partial charge in [-0.05, 0) is 49.2 Å². The van der Waals surface area contributed by atoms with Crippen LogP contribution in [0, 0.1) is 5.82 Å². The number of benzene rings is 3. The van der Waals surface area contributed by atoms with Crippen molar-refractivity contribution in [2.24, 2.45) is 4.99 Å². The van der Waals surface area contributed by atoms with Gasteiger partial charge in [-0.1, -0.05) is 54.2 Å². The Balaban J connectivity index is 1.53. The fourth-order valence-corrected chi connectivity index (χ4v) is 4.79. The highest BCUT2D eigenvalue weighted by atomic mass is 32.2. The molecule has 2 amide bonds. The van der Waals surface area contributed by atoms with Crippen molar-refractivity contribution in [3.63, 3.8) is 0 Å². The molecule has 0 spiro atoms. The highest BCUT2D eigenvalue weighted by Gasteiger charge is 2.36. The van der Waals surface area contributed by atoms with Gasteiger partial charge in [-0.3, -0.25) is 14.5 Å². The van der Waals surface area contributed by atoms with Crippen LogP contribution in [0.15, 0.2) is 83.9 Å². The number of aliphatic imine (C=N–C) groups is 1. The molecule has 1 unspecified atom stereocenters. The zero-order valence-electron chi connectivity index (χ0n) is 19.3. The van der Waals surface area contributed by atoms with Gasteiger partial charge in [-0.2, -0.15) is 0 Å². The first-order valence-corrected chi connectivity index (χ1v) is 12.3. The molecule has 4 rings (SSSR count). The highest BCUT2D eigenvalue weighted by molar-refractivity contribution is 8.15. The van der Waals surface area contributed by atoms with Gasteiger partial charge in [0, 0.05) is 24.7 Å². The molecule has 1 atom stereocenters. The molecule has 8 heteroatoms. The lowest BCUT2D eigenvalue weighted by Crippen LogP contribution is -2.46. The molecule has 0 aromatic heterocycles. The van der Waals surface area contributed by atoms with Crippen molar-refractivity contribution in [2.45, 2.75) is 25.0 Å². The molecule has 35 heavy (non-hydrogen) atoms. The summed E-state index contributed by atoms with van der Waals surface area (Å²) in [6.45, 7) is 2.68. The van der Waals surface area contributed by atoms with Crippen LogP contribution < -0.4 is 10.1 Å². The number of thioether (sulfide) groups is 1. The Morgan fingerprint density at radius 3 is 2.66 bits per heavy atom. The number of amidine groups is 1. The quantitative estimate of drug-likeness (QED) is 0.456. The van der Waals surface area contributed by atoms with Crippen molar-refractivity contribution < 1.29 is 18.7 Å². The molecule has 1 saturated heterocycles. The Labute approximate surface area is 208 Å². The van der Waals surface area contributed by atoms with E-state index < -0.39 is 5.25 Å². The molecule has 1 N–H and O–H groups in total. The number of hydrogen-bond acceptors (Lipinski definition) is 5. The fraction of sp³-hybridized carbons (Fsp3) is 0.222. The molecule has 0 radical (unpaired) electrons. The number of halogens is 1. The van der Waals surface area contributed by atoms with Crippen LogP contribution in [0.2, 0.25) is 0 Å². The minimum Gasteiger partial charge on any atom is -0.494 e. The number of carbonyl (C=O) groups excluding carboxylic acids is 2. The Morgan fingerprint density at radius 1 is 1.11 bits per heavy atom. The van der Waals surface area contributed by atoms with Crippen LogP contribution in [0.4, 0.5) is 15.8 Å². The van der Waals surface area contributed by atoms with E-state index in [0.29, 0.717) is 40.9 Å². The zero-order valence-corrected chi connectivity index (χ0v) is 20.1. The average molecular weight is 492 g/mol. The number of para-hydroxylation sites is 1. The van der Waals surface area contributed by atoms with E-state index in [1.165, 1.54) is 17.8 Å². The smallest absolute Gasteiger partial charge is 0.238 e. The Bertz CT molecular complexity index is 1220. The van der Waals surface area contributed by atoms with Crippen molar-refractivity contribution in [2.75, 3.05) is 18.5 Å². The summed E-state index contributed by atoms with van der Waals surface area (Å²) in [7, 11) is 0. The van der Waals surface area contributed by atoms with Gasteiger partial charge in [0.05, 0.1) is 12.3 Å². The third-order valence-corrected chi connectivity index (χ3v) is 6.58. The van der Waals surface area contributed by atoms with Crippen molar-refractivity contribution in [1.29, 1.82) is 0 Å². The van der Waals surface area contributed by atoms with E-state index in [4.69, 9.17) is 4.74 Å². The maximum Gasteiger partial charge on any atom is 0.238 e. The SMILES string of the molecule is CCOc1cccc(NC(=O)C2CC(=O)N(CCc3ccccc3F)C(=Nc3ccccc3)S2)c1. The molecule has 3 aromatic carbocycles. The Morgan fingerprint density at radius 2 is 1.89 bits per heavy atom. The number of anilines is 1. The van der Waals surface area contributed by atoms with Gasteiger partial charge < -0.3 is 10.1 Å². The van der Waals surface area contributed by atoms with Gasteiger partial charge in [-0.15, -0.1) is 0 Å². The maximum atomic E-state index is 14.1. The first-order valence-electron chi connectivity index (χ1n) is 11.4. The fourth-order valence-electron chi connectivity index (χ4n) is 3.66. The highest BCUT2D eigenvalue weighted by Crippen LogP contribution is 2.30. The summed E-state index contributed by atoms with van der Waals surface area (Å²) >= 11 is 1.24. The predicted molar refractivity (Wildman–Crippen MR) is 138 cm³/mol. The summed E-state index contributed by atoms with van der Waals surface area (Å²) < 4.78 is 19.6. The molecule has 1 heterocycles. The van der Waals surface area contributed by atoms with Crippen LogP contribution >= 0.6 is 11.8 Å². The van der Waals surface area contributed by atoms with E-state index in [0.717, 1.165) is 0 Å². The second kappa shape index (κ2) is 11.7. The zero-order chi connectivity index (χ0) is 24.6. The second-order valence-corrected chi connectivity index (χ2v) is 9.05. The lowest BCUT2D eigenvalue weighted by Gasteiger charge is -2.32. The van der Waals surface area contributed by atoms with E-state index in [9.17, 15) is 14.0 Å². The number of amides is 2. The summed E-state index contributed by atoms with van der Waals surface area (Å²) in [5.41, 5.74) is 1.79. The molecule has 0 aliphatic carbocycles. The van der Waals surface area contributed by atoms with E-state index in [-0.39, 0.29) is 30.6 Å². The van der Waals surface area contributed by atoms with Crippen LogP contribution in [0.25, 0.3) is 0 Å². The number of ether oxygens (including phenoxy) is 1. The summed E-state index contributed by atoms with van der Waals surface area (Å²) in [5, 5.41) is 2.66. The standard InChI is InChI=1S/C27H26FN3O3S/c1-2-34-22-13-8-12-21(17-22)29-26(33)24-18-25(32)31(16-15-19-9-6-7-14-23(19)28)27(35-24)30-20-10-4-3-5-11-20/h3-14,17,24H,2,15-16,18H2,1H3,(H,29,33). The van der Waals surface area contributed by atoms with Gasteiger partial charge >= 0.3 is 0 Å². The lowest BCUT2D eigenvalue weighted by atomic mass is 10.1. The molecule has 0 bridgehead atoms. The van der Waals surface area contributed by atoms with Crippen molar-refractivity contribution in [3.05, 3.63) is 90.2 Å². The number of carbonyl (C=O) groups is 2. The van der Waals surface area contributed by atoms with Crippen molar-refractivity contribution >= 4 is 40.1 Å². The topological polar surface area (TPSA) is 71.0 Å². The van der Waals surface area contributed by atoms with Crippen LogP contribution in [0.3, 0.4) is 0 Å². The first kappa shape index (κ1) is 24.5. The van der Waals surface area contributed by atoms with E-state index >= 15 is 0 Å². The molecule has 1 aliphatic rings. The lowest BCUT2D eigenvalue weighted by molar-refractivity contribution is -0.129. The van der Waals surface area contributed by atoms with Crippen LogP contribution in [-0.4, -0.2) is 40.3 Å². The second-order valence-electron chi connectivity index (χ2n) is 7.88. The van der Waals surface area contributed by atoms with Crippen LogP contribution in [-0.2, 0) is 16.0 Å². The van der Waals surface area contributed by atoms with Gasteiger partial charge in [0.1, 0.15) is 16.8 Å². The molecule has 0 saturated carbocycles. The Hall–Kier alpha value is -3.65. The maximum absolute atomic E-state index is 14.1. The third kappa shape index (κ3) is 6.48. The summed E-state index contributed by atoms with van der Waals surface area (Å²) in [4.78, 5) is 32.4. The predicted octanol–water partition coefficient (Wildman–Crippen LogP) is 5.43. The van der Waals surface area contributed by atoms with E-state index in [1.54, 1.807) is 41.3 Å². The summed E-state index contributed by atoms with van der Waals surface area (Å²) in [6.07, 6.45) is 0.362. The third-order valence-electron chi connectivity index (χ3n) is 5.39. The number of hydrogen-bond donors (Lipinski definition) is 1. The van der Waals surface area contributed by atoms with Crippen LogP contribution in [0.5, 0.6) is 5.75 Å². The number of nitrogens with one attached hydrogen (secondary N) is 1. The monoisotopic (exact) mass is 491 g/mol. The minimum atomic E-state index is -0.648. The average Bonchev–Trinajstić information content (AvgIpc) is 2.85. The number of rotatable bonds is 8. The molecule has 1 fully saturated rings. The van der Waals surface area contributed by atoms with E-state index in [2.05, 4.69) is 10.3 Å². The van der Waals surface area contributed by atoms with E-state index in [1.807, 2.05) is 43.3 Å². The molecule has 6 nitrogen and oxygen atoms in total.